The Morgan fingerprint density at radius 3 is 2.40 bits per heavy atom. The molecule has 0 bridgehead atoms. The fraction of sp³-hybridized carbons (Fsp3) is 0.429. The predicted octanol–water partition coefficient (Wildman–Crippen LogP) is 3.98. The van der Waals surface area contributed by atoms with Crippen molar-refractivity contribution in [3.05, 3.63) is 59.4 Å². The number of nitrogens with zero attached hydrogens (tertiary/aromatic N) is 2. The Balaban J connectivity index is 1.89. The quantitative estimate of drug-likeness (QED) is 0.799. The van der Waals surface area contributed by atoms with Gasteiger partial charge >= 0.3 is 0 Å². The Morgan fingerprint density at radius 1 is 1.12 bits per heavy atom. The van der Waals surface area contributed by atoms with E-state index in [1.165, 1.54) is 5.56 Å². The molecular weight excluding hydrogens is 312 g/mol. The van der Waals surface area contributed by atoms with E-state index in [1.54, 1.807) is 24.4 Å². The average Bonchev–Trinajstić information content (AvgIpc) is 2.59. The Morgan fingerprint density at radius 2 is 1.80 bits per heavy atom. The monoisotopic (exact) mass is 340 g/mol. The van der Waals surface area contributed by atoms with E-state index < -0.39 is 0 Å². The first-order valence-corrected chi connectivity index (χ1v) is 8.61. The van der Waals surface area contributed by atoms with Crippen LogP contribution in [0.1, 0.15) is 43.9 Å². The number of hydrogen-bond acceptors (Lipinski definition) is 3. The maximum Gasteiger partial charge on any atom is 0.222 e. The highest BCUT2D eigenvalue weighted by Gasteiger charge is 2.14. The molecule has 2 rings (SSSR count). The van der Waals surface area contributed by atoms with Crippen molar-refractivity contribution in [1.82, 2.24) is 9.88 Å². The summed E-state index contributed by atoms with van der Waals surface area (Å²) in [6, 6.07) is 10.4. The van der Waals surface area contributed by atoms with Crippen molar-refractivity contribution in [1.29, 1.82) is 0 Å². The molecule has 0 atom stereocenters. The van der Waals surface area contributed by atoms with Gasteiger partial charge in [-0.15, -0.1) is 0 Å². The summed E-state index contributed by atoms with van der Waals surface area (Å²) in [6.07, 6.45) is 4.57. The van der Waals surface area contributed by atoms with E-state index in [0.717, 1.165) is 16.9 Å². The van der Waals surface area contributed by atoms with Crippen LogP contribution in [0.4, 0.5) is 0 Å². The first-order valence-electron chi connectivity index (χ1n) is 8.61. The minimum atomic E-state index is 0.128. The van der Waals surface area contributed by atoms with E-state index in [1.807, 2.05) is 13.1 Å². The smallest absolute Gasteiger partial charge is 0.222 e. The lowest BCUT2D eigenvalue weighted by molar-refractivity contribution is -0.130. The molecule has 0 spiro atoms. The molecule has 1 aromatic carbocycles. The predicted molar refractivity (Wildman–Crippen MR) is 101 cm³/mol. The fourth-order valence-corrected chi connectivity index (χ4v) is 2.63. The largest absolute Gasteiger partial charge is 0.495 e. The number of carbonyl (C=O) groups is 1. The topological polar surface area (TPSA) is 42.4 Å². The van der Waals surface area contributed by atoms with E-state index in [4.69, 9.17) is 4.74 Å². The van der Waals surface area contributed by atoms with Gasteiger partial charge in [0.15, 0.2) is 0 Å². The molecule has 0 saturated carbocycles. The number of pyridine rings is 1. The second kappa shape index (κ2) is 8.15. The van der Waals surface area contributed by atoms with Gasteiger partial charge in [0, 0.05) is 26.2 Å². The Bertz CT molecular complexity index is 703. The van der Waals surface area contributed by atoms with Gasteiger partial charge in [-0.2, -0.15) is 0 Å². The number of amides is 1. The van der Waals surface area contributed by atoms with Crippen LogP contribution in [0.15, 0.2) is 42.7 Å². The van der Waals surface area contributed by atoms with Crippen molar-refractivity contribution in [3.8, 4) is 5.75 Å². The Labute approximate surface area is 150 Å². The third kappa shape index (κ3) is 5.59. The minimum absolute atomic E-state index is 0.128. The molecule has 0 saturated heterocycles. The number of ether oxygens (including phenoxy) is 1. The molecular formula is C21H28N2O2. The summed E-state index contributed by atoms with van der Waals surface area (Å²) < 4.78 is 5.16. The van der Waals surface area contributed by atoms with Crippen molar-refractivity contribution in [3.63, 3.8) is 0 Å². The van der Waals surface area contributed by atoms with Crippen LogP contribution in [0, 0.1) is 0 Å². The summed E-state index contributed by atoms with van der Waals surface area (Å²) in [5, 5.41) is 0. The number of carbonyl (C=O) groups excluding carboxylic acids is 1. The molecule has 0 fully saturated rings. The lowest BCUT2D eigenvalue weighted by Gasteiger charge is -2.21. The van der Waals surface area contributed by atoms with Crippen molar-refractivity contribution >= 4 is 5.91 Å². The lowest BCUT2D eigenvalue weighted by Crippen LogP contribution is -2.26. The number of methoxy groups -OCH3 is 1. The Kier molecular flexibility index (Phi) is 6.18. The zero-order valence-corrected chi connectivity index (χ0v) is 15.9. The van der Waals surface area contributed by atoms with Crippen molar-refractivity contribution in [2.24, 2.45) is 0 Å². The van der Waals surface area contributed by atoms with Gasteiger partial charge < -0.3 is 9.64 Å². The molecule has 1 aromatic heterocycles. The van der Waals surface area contributed by atoms with Crippen LogP contribution >= 0.6 is 0 Å². The highest BCUT2D eigenvalue weighted by Crippen LogP contribution is 2.22. The summed E-state index contributed by atoms with van der Waals surface area (Å²) in [4.78, 5) is 18.3. The van der Waals surface area contributed by atoms with Gasteiger partial charge in [-0.3, -0.25) is 9.78 Å². The minimum Gasteiger partial charge on any atom is -0.495 e. The van der Waals surface area contributed by atoms with Crippen LogP contribution < -0.4 is 4.74 Å². The van der Waals surface area contributed by atoms with E-state index in [-0.39, 0.29) is 11.3 Å². The third-order valence-corrected chi connectivity index (χ3v) is 4.30. The number of aromatic nitrogens is 1. The maximum atomic E-state index is 12.4. The Hall–Kier alpha value is -2.36. The molecule has 0 aliphatic rings. The SMILES string of the molecule is COc1cncc(CCC(=O)N(C)Cc2ccc(C(C)(C)C)cc2)c1. The van der Waals surface area contributed by atoms with Gasteiger partial charge in [-0.1, -0.05) is 45.0 Å². The van der Waals surface area contributed by atoms with Gasteiger partial charge in [0.25, 0.3) is 0 Å². The molecule has 1 amide bonds. The first kappa shape index (κ1) is 19.0. The molecule has 134 valence electrons. The molecule has 0 aliphatic carbocycles. The number of aryl methyl sites for hydroxylation is 1. The van der Waals surface area contributed by atoms with Gasteiger partial charge in [0.05, 0.1) is 13.3 Å². The second-order valence-corrected chi connectivity index (χ2v) is 7.43. The number of benzene rings is 1. The van der Waals surface area contributed by atoms with E-state index in [2.05, 4.69) is 50.0 Å². The normalized spacial score (nSPS) is 11.2. The summed E-state index contributed by atoms with van der Waals surface area (Å²) in [6.45, 7) is 7.22. The first-order chi connectivity index (χ1) is 11.8. The van der Waals surface area contributed by atoms with Crippen LogP contribution in [-0.4, -0.2) is 29.9 Å². The highest BCUT2D eigenvalue weighted by molar-refractivity contribution is 5.76. The van der Waals surface area contributed by atoms with Crippen LogP contribution in [0.3, 0.4) is 0 Å². The zero-order valence-electron chi connectivity index (χ0n) is 15.9. The zero-order chi connectivity index (χ0) is 18.4. The van der Waals surface area contributed by atoms with Crippen LogP contribution in [-0.2, 0) is 23.2 Å². The van der Waals surface area contributed by atoms with E-state index in [9.17, 15) is 4.79 Å². The van der Waals surface area contributed by atoms with Crippen LogP contribution in [0.2, 0.25) is 0 Å². The highest BCUT2D eigenvalue weighted by atomic mass is 16.5. The van der Waals surface area contributed by atoms with Crippen molar-refractivity contribution < 1.29 is 9.53 Å². The van der Waals surface area contributed by atoms with Crippen LogP contribution in [0.25, 0.3) is 0 Å². The molecule has 1 heterocycles. The summed E-state index contributed by atoms with van der Waals surface area (Å²) in [5.74, 6) is 0.847. The summed E-state index contributed by atoms with van der Waals surface area (Å²) in [7, 11) is 3.47. The molecule has 4 heteroatoms. The van der Waals surface area contributed by atoms with Gasteiger partial charge in [-0.25, -0.2) is 0 Å². The second-order valence-electron chi connectivity index (χ2n) is 7.43. The molecule has 2 aromatic rings. The third-order valence-electron chi connectivity index (χ3n) is 4.30. The molecule has 0 radical (unpaired) electrons. The van der Waals surface area contributed by atoms with Crippen LogP contribution in [0.5, 0.6) is 5.75 Å². The van der Waals surface area contributed by atoms with Gasteiger partial charge in [0.2, 0.25) is 5.91 Å². The standard InChI is InChI=1S/C21H28N2O2/c1-21(2,3)18-9-6-16(7-10-18)15-23(4)20(24)11-8-17-12-19(25-5)14-22-13-17/h6-7,9-10,12-14H,8,11,15H2,1-5H3. The van der Waals surface area contributed by atoms with Gasteiger partial charge in [-0.05, 0) is 34.6 Å². The molecule has 4 nitrogen and oxygen atoms in total. The lowest BCUT2D eigenvalue weighted by atomic mass is 9.87. The molecule has 0 aliphatic heterocycles. The number of hydrogen-bond donors (Lipinski definition) is 0. The van der Waals surface area contributed by atoms with E-state index in [0.29, 0.717) is 19.4 Å². The maximum absolute atomic E-state index is 12.4. The van der Waals surface area contributed by atoms with Gasteiger partial charge in [0.1, 0.15) is 5.75 Å². The van der Waals surface area contributed by atoms with E-state index >= 15 is 0 Å². The number of rotatable bonds is 6. The molecule has 0 N–H and O–H groups in total. The molecule has 0 unspecified atom stereocenters. The van der Waals surface area contributed by atoms with Crippen molar-refractivity contribution in [2.45, 2.75) is 45.6 Å². The average molecular weight is 340 g/mol. The molecule has 25 heavy (non-hydrogen) atoms. The summed E-state index contributed by atoms with van der Waals surface area (Å²) in [5.41, 5.74) is 3.60. The fourth-order valence-electron chi connectivity index (χ4n) is 2.63. The summed E-state index contributed by atoms with van der Waals surface area (Å²) >= 11 is 0. The van der Waals surface area contributed by atoms with Crippen molar-refractivity contribution in [2.75, 3.05) is 14.2 Å².